The van der Waals surface area contributed by atoms with Crippen molar-refractivity contribution in [2.24, 2.45) is 17.6 Å². The summed E-state index contributed by atoms with van der Waals surface area (Å²) in [6.07, 6.45) is 0.584. The predicted octanol–water partition coefficient (Wildman–Crippen LogP) is 2.44. The fourth-order valence-corrected chi connectivity index (χ4v) is 2.87. The van der Waals surface area contributed by atoms with Crippen molar-refractivity contribution >= 4 is 29.4 Å². The Labute approximate surface area is 182 Å². The van der Waals surface area contributed by atoms with E-state index in [0.29, 0.717) is 11.4 Å². The molecular weight excluding hydrogens is 410 g/mol. The van der Waals surface area contributed by atoms with Crippen LogP contribution in [0.3, 0.4) is 0 Å². The van der Waals surface area contributed by atoms with Crippen LogP contribution in [-0.2, 0) is 9.59 Å². The molecule has 0 saturated heterocycles. The molecule has 0 aliphatic rings. The lowest BCUT2D eigenvalue weighted by Gasteiger charge is -2.26. The van der Waals surface area contributed by atoms with Crippen LogP contribution in [0.2, 0.25) is 5.02 Å². The van der Waals surface area contributed by atoms with Crippen LogP contribution in [0.15, 0.2) is 18.2 Å². The zero-order valence-electron chi connectivity index (χ0n) is 18.1. The van der Waals surface area contributed by atoms with E-state index >= 15 is 0 Å². The molecule has 1 rings (SSSR count). The predicted molar refractivity (Wildman–Crippen MR) is 116 cm³/mol. The normalized spacial score (nSPS) is 15.1. The van der Waals surface area contributed by atoms with E-state index in [-0.39, 0.29) is 35.8 Å². The molecule has 5 N–H and O–H groups in total. The van der Waals surface area contributed by atoms with Gasteiger partial charge < -0.3 is 26.2 Å². The first-order chi connectivity index (χ1) is 14.0. The van der Waals surface area contributed by atoms with Gasteiger partial charge >= 0.3 is 5.97 Å². The van der Waals surface area contributed by atoms with Gasteiger partial charge in [0.15, 0.2) is 0 Å². The van der Waals surface area contributed by atoms with Gasteiger partial charge in [-0.15, -0.1) is 0 Å². The number of carbonyl (C=O) groups excluding carboxylic acids is 2. The molecule has 2 amide bonds. The van der Waals surface area contributed by atoms with Crippen molar-refractivity contribution < 1.29 is 24.2 Å². The number of carbonyl (C=O) groups is 3. The topological polar surface area (TPSA) is 131 Å². The number of hydrogen-bond acceptors (Lipinski definition) is 5. The van der Waals surface area contributed by atoms with Gasteiger partial charge in [-0.25, -0.2) is 4.79 Å². The van der Waals surface area contributed by atoms with Crippen LogP contribution in [0.1, 0.15) is 51.4 Å². The fraction of sp³-hybridized carbons (Fsp3) is 0.571. The minimum atomic E-state index is -1.11. The summed E-state index contributed by atoms with van der Waals surface area (Å²) in [5.74, 6) is -2.49. The third-order valence-corrected chi connectivity index (χ3v) is 4.94. The number of amides is 2. The van der Waals surface area contributed by atoms with E-state index in [9.17, 15) is 19.5 Å². The Morgan fingerprint density at radius 1 is 1.13 bits per heavy atom. The Morgan fingerprint density at radius 2 is 1.77 bits per heavy atom. The van der Waals surface area contributed by atoms with Gasteiger partial charge in [-0.1, -0.05) is 45.7 Å². The fourth-order valence-electron chi connectivity index (χ4n) is 2.70. The zero-order chi connectivity index (χ0) is 23.0. The molecule has 0 fully saturated rings. The lowest BCUT2D eigenvalue weighted by atomic mass is 9.97. The first kappa shape index (κ1) is 25.7. The smallest absolute Gasteiger partial charge is 0.326 e. The van der Waals surface area contributed by atoms with E-state index in [1.54, 1.807) is 33.8 Å². The highest BCUT2D eigenvalue weighted by molar-refractivity contribution is 6.30. The van der Waals surface area contributed by atoms with Crippen molar-refractivity contribution in [3.8, 4) is 5.75 Å². The molecule has 4 atom stereocenters. The molecule has 0 unspecified atom stereocenters. The summed E-state index contributed by atoms with van der Waals surface area (Å²) in [5.41, 5.74) is 5.92. The van der Waals surface area contributed by atoms with Crippen LogP contribution in [0, 0.1) is 11.8 Å². The van der Waals surface area contributed by atoms with Crippen molar-refractivity contribution in [3.63, 3.8) is 0 Å². The van der Waals surface area contributed by atoms with Gasteiger partial charge in [0.25, 0.3) is 5.91 Å². The summed E-state index contributed by atoms with van der Waals surface area (Å²) >= 11 is 6.01. The molecule has 0 aromatic heterocycles. The van der Waals surface area contributed by atoms with Crippen LogP contribution in [0.25, 0.3) is 0 Å². The van der Waals surface area contributed by atoms with E-state index < -0.39 is 29.9 Å². The first-order valence-electron chi connectivity index (χ1n) is 9.99. The third-order valence-electron chi connectivity index (χ3n) is 4.70. The zero-order valence-corrected chi connectivity index (χ0v) is 18.8. The summed E-state index contributed by atoms with van der Waals surface area (Å²) in [6, 6.07) is 2.34. The Kier molecular flexibility index (Phi) is 10.1. The summed E-state index contributed by atoms with van der Waals surface area (Å²) in [5, 5.41) is 15.0. The number of carboxylic acid groups (broad SMARTS) is 1. The second-order valence-corrected chi connectivity index (χ2v) is 8.27. The van der Waals surface area contributed by atoms with E-state index in [4.69, 9.17) is 22.1 Å². The Morgan fingerprint density at radius 3 is 2.27 bits per heavy atom. The number of rotatable bonds is 11. The molecule has 8 nitrogen and oxygen atoms in total. The van der Waals surface area contributed by atoms with Crippen molar-refractivity contribution in [1.82, 2.24) is 10.6 Å². The average molecular weight is 442 g/mol. The number of halogens is 1. The number of nitrogens with two attached hydrogens (primary N) is 1. The number of aliphatic carboxylic acids is 1. The highest BCUT2D eigenvalue weighted by Gasteiger charge is 2.31. The number of hydrogen-bond donors (Lipinski definition) is 4. The first-order valence-corrected chi connectivity index (χ1v) is 10.4. The maximum absolute atomic E-state index is 12.9. The Bertz CT molecular complexity index is 754. The minimum absolute atomic E-state index is 0.184. The molecule has 0 saturated carbocycles. The van der Waals surface area contributed by atoms with Gasteiger partial charge in [-0.05, 0) is 37.0 Å². The molecule has 1 aromatic rings. The SMILES string of the molecule is CC[C@H](C)[C@H](NC(=O)[C@@H](NC(=O)c1ccc(Cl)cc1OC[C@H](C)N)C(C)C)C(=O)O. The van der Waals surface area contributed by atoms with E-state index in [0.717, 1.165) is 0 Å². The van der Waals surface area contributed by atoms with Crippen molar-refractivity contribution in [2.75, 3.05) is 6.61 Å². The minimum Gasteiger partial charge on any atom is -0.491 e. The quantitative estimate of drug-likeness (QED) is 0.417. The van der Waals surface area contributed by atoms with Gasteiger partial charge in [0, 0.05) is 11.1 Å². The van der Waals surface area contributed by atoms with Crippen LogP contribution in [-0.4, -0.2) is 47.6 Å². The van der Waals surface area contributed by atoms with Gasteiger partial charge in [-0.3, -0.25) is 9.59 Å². The molecule has 0 radical (unpaired) electrons. The summed E-state index contributed by atoms with van der Waals surface area (Å²) in [6.45, 7) is 9.07. The molecule has 0 aliphatic carbocycles. The number of ether oxygens (including phenoxy) is 1. The molecule has 30 heavy (non-hydrogen) atoms. The molecule has 0 heterocycles. The maximum Gasteiger partial charge on any atom is 0.326 e. The van der Waals surface area contributed by atoms with Gasteiger partial charge in [0.2, 0.25) is 5.91 Å². The molecule has 0 aliphatic heterocycles. The number of carboxylic acids is 1. The van der Waals surface area contributed by atoms with Gasteiger partial charge in [-0.2, -0.15) is 0 Å². The summed E-state index contributed by atoms with van der Waals surface area (Å²) in [4.78, 5) is 37.2. The van der Waals surface area contributed by atoms with E-state index in [1.807, 2.05) is 6.92 Å². The van der Waals surface area contributed by atoms with Crippen LogP contribution in [0.4, 0.5) is 0 Å². The second kappa shape index (κ2) is 11.8. The van der Waals surface area contributed by atoms with Crippen molar-refractivity contribution in [1.29, 1.82) is 0 Å². The lowest BCUT2D eigenvalue weighted by Crippen LogP contribution is -2.55. The molecule has 0 bridgehead atoms. The summed E-state index contributed by atoms with van der Waals surface area (Å²) < 4.78 is 5.60. The third kappa shape index (κ3) is 7.50. The molecule has 168 valence electrons. The largest absolute Gasteiger partial charge is 0.491 e. The van der Waals surface area contributed by atoms with Crippen molar-refractivity contribution in [3.05, 3.63) is 28.8 Å². The number of benzene rings is 1. The Balaban J connectivity index is 3.04. The highest BCUT2D eigenvalue weighted by atomic mass is 35.5. The molecule has 0 spiro atoms. The summed E-state index contributed by atoms with van der Waals surface area (Å²) in [7, 11) is 0. The second-order valence-electron chi connectivity index (χ2n) is 7.83. The number of nitrogens with one attached hydrogen (secondary N) is 2. The maximum atomic E-state index is 12.9. The highest BCUT2D eigenvalue weighted by Crippen LogP contribution is 2.24. The van der Waals surface area contributed by atoms with E-state index in [2.05, 4.69) is 10.6 Å². The average Bonchev–Trinajstić information content (AvgIpc) is 2.67. The van der Waals surface area contributed by atoms with Crippen LogP contribution in [0.5, 0.6) is 5.75 Å². The standard InChI is InChI=1S/C21H32ClN3O5/c1-6-12(4)18(21(28)29)25-20(27)17(11(2)3)24-19(26)15-8-7-14(22)9-16(15)30-10-13(5)23/h7-9,11-13,17-18H,6,10,23H2,1-5H3,(H,24,26)(H,25,27)(H,28,29)/t12-,13-,17-,18-/m0/s1. The van der Waals surface area contributed by atoms with Crippen LogP contribution >= 0.6 is 11.6 Å². The lowest BCUT2D eigenvalue weighted by molar-refractivity contribution is -0.143. The monoisotopic (exact) mass is 441 g/mol. The van der Waals surface area contributed by atoms with Crippen LogP contribution < -0.4 is 21.1 Å². The van der Waals surface area contributed by atoms with Crippen molar-refractivity contribution in [2.45, 2.75) is 59.2 Å². The molecule has 9 heteroatoms. The van der Waals surface area contributed by atoms with Gasteiger partial charge in [0.1, 0.15) is 24.4 Å². The van der Waals surface area contributed by atoms with E-state index in [1.165, 1.54) is 12.1 Å². The Hall–Kier alpha value is -2.32. The molecular formula is C21H32ClN3O5. The molecule has 1 aromatic carbocycles. The van der Waals surface area contributed by atoms with Gasteiger partial charge in [0.05, 0.1) is 5.56 Å².